The molecule has 4 rings (SSSR count). The van der Waals surface area contributed by atoms with E-state index in [1.807, 2.05) is 0 Å². The molecule has 2 fully saturated rings. The zero-order valence-electron chi connectivity index (χ0n) is 18.0. The molecule has 0 bridgehead atoms. The van der Waals surface area contributed by atoms with Gasteiger partial charge in [0, 0.05) is 0 Å². The number of hydrogen-bond acceptors (Lipinski definition) is 3. The molecule has 1 saturated carbocycles. The summed E-state index contributed by atoms with van der Waals surface area (Å²) in [7, 11) is 0. The van der Waals surface area contributed by atoms with Crippen molar-refractivity contribution in [2.45, 2.75) is 78.4 Å². The fourth-order valence-corrected chi connectivity index (χ4v) is 6.91. The van der Waals surface area contributed by atoms with E-state index in [1.165, 1.54) is 5.57 Å². The second-order valence-corrected chi connectivity index (χ2v) is 10.3. The highest BCUT2D eigenvalue weighted by atomic mass is 16.5. The molecule has 0 aromatic rings. The topological polar surface area (TPSA) is 43.4 Å². The van der Waals surface area contributed by atoms with Crippen LogP contribution >= 0.6 is 0 Å². The van der Waals surface area contributed by atoms with Crippen LogP contribution in [-0.2, 0) is 14.3 Å². The first-order chi connectivity index (χ1) is 13.2. The molecule has 3 nitrogen and oxygen atoms in total. The van der Waals surface area contributed by atoms with Crippen LogP contribution in [0.3, 0.4) is 0 Å². The predicted molar refractivity (Wildman–Crippen MR) is 111 cm³/mol. The molecule has 1 heterocycles. The molecule has 0 N–H and O–H groups in total. The lowest BCUT2D eigenvalue weighted by Gasteiger charge is -2.44. The molecule has 1 unspecified atom stereocenters. The van der Waals surface area contributed by atoms with Gasteiger partial charge in [-0.2, -0.15) is 0 Å². The maximum Gasteiger partial charge on any atom is 0.163 e. The minimum Gasteiger partial charge on any atom is -0.367 e. The number of allylic oxidation sites excluding steroid dienone is 5. The third kappa shape index (κ3) is 2.89. The molecular weight excluding hydrogens is 348 g/mol. The molecule has 4 aliphatic rings. The summed E-state index contributed by atoms with van der Waals surface area (Å²) in [5.74, 6) is 0.920. The van der Waals surface area contributed by atoms with Crippen molar-refractivity contribution in [1.29, 1.82) is 0 Å². The van der Waals surface area contributed by atoms with Crippen LogP contribution in [0, 0.1) is 29.1 Å². The lowest BCUT2D eigenvalue weighted by molar-refractivity contribution is -0.119. The number of ketones is 1. The van der Waals surface area contributed by atoms with Crippen LogP contribution in [0.4, 0.5) is 0 Å². The van der Waals surface area contributed by atoms with Crippen molar-refractivity contribution in [3.8, 4) is 0 Å². The van der Waals surface area contributed by atoms with E-state index in [4.69, 9.17) is 4.74 Å². The molecule has 1 saturated heterocycles. The van der Waals surface area contributed by atoms with Gasteiger partial charge in [-0.3, -0.25) is 9.59 Å². The third-order valence-electron chi connectivity index (χ3n) is 8.26. The summed E-state index contributed by atoms with van der Waals surface area (Å²) in [6.07, 6.45) is 12.4. The van der Waals surface area contributed by atoms with Crippen LogP contribution in [0.2, 0.25) is 0 Å². The molecule has 3 aliphatic carbocycles. The van der Waals surface area contributed by atoms with E-state index in [-0.39, 0.29) is 34.7 Å². The second-order valence-electron chi connectivity index (χ2n) is 10.3. The lowest BCUT2D eigenvalue weighted by Crippen LogP contribution is -2.44. The Morgan fingerprint density at radius 3 is 2.71 bits per heavy atom. The summed E-state index contributed by atoms with van der Waals surface area (Å²) >= 11 is 0. The number of carbonyl (C=O) groups excluding carboxylic acids is 2. The van der Waals surface area contributed by atoms with Gasteiger partial charge >= 0.3 is 0 Å². The Balaban J connectivity index is 1.73. The summed E-state index contributed by atoms with van der Waals surface area (Å²) < 4.78 is 6.82. The van der Waals surface area contributed by atoms with Crippen molar-refractivity contribution in [3.05, 3.63) is 34.9 Å². The van der Waals surface area contributed by atoms with Gasteiger partial charge in [-0.25, -0.2) is 0 Å². The van der Waals surface area contributed by atoms with E-state index < -0.39 is 0 Å². The molecule has 0 aromatic heterocycles. The Morgan fingerprint density at radius 1 is 1.29 bits per heavy atom. The van der Waals surface area contributed by atoms with E-state index in [1.54, 1.807) is 6.08 Å². The minimum atomic E-state index is -0.257. The minimum absolute atomic E-state index is 0.108. The zero-order chi connectivity index (χ0) is 20.3. The smallest absolute Gasteiger partial charge is 0.163 e. The number of carbonyl (C=O) groups is 2. The van der Waals surface area contributed by atoms with E-state index in [9.17, 15) is 9.59 Å². The summed E-state index contributed by atoms with van der Waals surface area (Å²) in [6.45, 7) is 11.1. The zero-order valence-corrected chi connectivity index (χ0v) is 18.0. The van der Waals surface area contributed by atoms with E-state index in [0.29, 0.717) is 17.4 Å². The van der Waals surface area contributed by atoms with Crippen LogP contribution in [-0.4, -0.2) is 23.8 Å². The number of hydrogen-bond donors (Lipinski definition) is 0. The van der Waals surface area contributed by atoms with Gasteiger partial charge in [-0.15, -0.1) is 0 Å². The molecule has 0 amide bonds. The van der Waals surface area contributed by atoms with E-state index >= 15 is 0 Å². The highest BCUT2D eigenvalue weighted by molar-refractivity contribution is 6.01. The van der Waals surface area contributed by atoms with Crippen LogP contribution in [0.1, 0.15) is 66.7 Å². The molecule has 0 radical (unpaired) electrons. The fourth-order valence-electron chi connectivity index (χ4n) is 6.91. The molecular formula is C25H34O3. The number of rotatable bonds is 2. The van der Waals surface area contributed by atoms with E-state index in [2.05, 4.69) is 46.8 Å². The fraction of sp³-hybridized carbons (Fsp3) is 0.680. The average molecular weight is 383 g/mol. The maximum absolute atomic E-state index is 12.6. The van der Waals surface area contributed by atoms with Crippen molar-refractivity contribution in [2.24, 2.45) is 29.1 Å². The Hall–Kier alpha value is -1.48. The summed E-state index contributed by atoms with van der Waals surface area (Å²) in [6, 6.07) is 0. The first kappa shape index (κ1) is 19.8. The van der Waals surface area contributed by atoms with Gasteiger partial charge in [0.05, 0.1) is 17.6 Å². The van der Waals surface area contributed by atoms with Crippen molar-refractivity contribution >= 4 is 12.1 Å². The standard InChI is InChI=1S/C25H34O3/c1-15(2)10-19-12-17(4)25(28-19)9-8-24(5)13-20-16(3)11-21(27)23(20)18(14-26)6-7-22(24)25/h6,10-11,14,17,19-20,22-23H,7-9,12-13H2,1-5H3/b18-6-/t17-,19-,20+,22?,23-,24+,25-/m0/s1. The van der Waals surface area contributed by atoms with Crippen molar-refractivity contribution in [3.63, 3.8) is 0 Å². The first-order valence-corrected chi connectivity index (χ1v) is 10.9. The number of aldehydes is 1. The highest BCUT2D eigenvalue weighted by Crippen LogP contribution is 2.63. The van der Waals surface area contributed by atoms with Gasteiger partial charge in [0.25, 0.3) is 0 Å². The highest BCUT2D eigenvalue weighted by Gasteiger charge is 2.61. The second kappa shape index (κ2) is 6.79. The van der Waals surface area contributed by atoms with E-state index in [0.717, 1.165) is 44.0 Å². The summed E-state index contributed by atoms with van der Waals surface area (Å²) in [4.78, 5) is 24.4. The Labute approximate surface area is 169 Å². The third-order valence-corrected chi connectivity index (χ3v) is 8.26. The largest absolute Gasteiger partial charge is 0.367 e. The maximum atomic E-state index is 12.6. The molecule has 0 aromatic carbocycles. The number of fused-ring (bicyclic) bond motifs is 3. The van der Waals surface area contributed by atoms with Gasteiger partial charge in [0.2, 0.25) is 0 Å². The summed E-state index contributed by atoms with van der Waals surface area (Å²) in [5, 5.41) is 0. The average Bonchev–Trinajstić information content (AvgIpc) is 3.14. The predicted octanol–water partition coefficient (Wildman–Crippen LogP) is 5.21. The van der Waals surface area contributed by atoms with Crippen LogP contribution in [0.25, 0.3) is 0 Å². The van der Waals surface area contributed by atoms with Crippen molar-refractivity contribution in [1.82, 2.24) is 0 Å². The SMILES string of the molecule is CC(C)=C[C@H]1C[C@H](C)[C@]2(CC[C@]3(C)C[C@@H]4C(C)=CC(=O)[C@H]4/C(C=O)=C\CC32)O1. The molecule has 28 heavy (non-hydrogen) atoms. The molecule has 7 atom stereocenters. The molecule has 152 valence electrons. The van der Waals surface area contributed by atoms with Gasteiger partial charge in [0.15, 0.2) is 5.78 Å². The van der Waals surface area contributed by atoms with Crippen LogP contribution < -0.4 is 0 Å². The Kier molecular flexibility index (Phi) is 4.81. The van der Waals surface area contributed by atoms with Gasteiger partial charge in [-0.1, -0.05) is 37.1 Å². The van der Waals surface area contributed by atoms with Gasteiger partial charge in [-0.05, 0) is 87.7 Å². The quantitative estimate of drug-likeness (QED) is 0.486. The summed E-state index contributed by atoms with van der Waals surface area (Å²) in [5.41, 5.74) is 3.18. The van der Waals surface area contributed by atoms with Crippen molar-refractivity contribution < 1.29 is 14.3 Å². The van der Waals surface area contributed by atoms with Crippen LogP contribution in [0.15, 0.2) is 34.9 Å². The lowest BCUT2D eigenvalue weighted by atomic mass is 9.62. The Bertz CT molecular complexity index is 784. The Morgan fingerprint density at radius 2 is 2.04 bits per heavy atom. The van der Waals surface area contributed by atoms with Gasteiger partial charge in [0.1, 0.15) is 6.29 Å². The first-order valence-electron chi connectivity index (χ1n) is 10.9. The molecule has 3 heteroatoms. The number of ether oxygens (including phenoxy) is 1. The van der Waals surface area contributed by atoms with Crippen LogP contribution in [0.5, 0.6) is 0 Å². The van der Waals surface area contributed by atoms with Gasteiger partial charge < -0.3 is 4.74 Å². The van der Waals surface area contributed by atoms with Crippen molar-refractivity contribution in [2.75, 3.05) is 0 Å². The molecule has 1 spiro atoms. The monoisotopic (exact) mass is 382 g/mol. The normalized spacial score (nSPS) is 46.9. The molecule has 1 aliphatic heterocycles.